The molecule has 1 aliphatic rings. The van der Waals surface area contributed by atoms with Gasteiger partial charge in [0.15, 0.2) is 0 Å². The maximum Gasteiger partial charge on any atom is 0.256 e. The van der Waals surface area contributed by atoms with E-state index in [1.807, 2.05) is 31.2 Å². The highest BCUT2D eigenvalue weighted by atomic mass is 16.5. The SMILES string of the molecule is CCCC(=O)N1CCc2nc(Cc3cccc(OC)c3)[nH]c(=O)c2C1. The number of carbonyl (C=O) groups is 1. The first-order valence-electron chi connectivity index (χ1n) is 8.62. The quantitative estimate of drug-likeness (QED) is 0.903. The Bertz CT molecular complexity index is 829. The average molecular weight is 341 g/mol. The largest absolute Gasteiger partial charge is 0.497 e. The maximum absolute atomic E-state index is 12.5. The first-order valence-corrected chi connectivity index (χ1v) is 8.62. The van der Waals surface area contributed by atoms with Crippen molar-refractivity contribution in [3.05, 3.63) is 57.3 Å². The summed E-state index contributed by atoms with van der Waals surface area (Å²) in [6, 6.07) is 7.72. The van der Waals surface area contributed by atoms with Crippen LogP contribution in [0.3, 0.4) is 0 Å². The second-order valence-corrected chi connectivity index (χ2v) is 6.28. The molecule has 2 heterocycles. The third kappa shape index (κ3) is 3.90. The van der Waals surface area contributed by atoms with Crippen molar-refractivity contribution in [1.82, 2.24) is 14.9 Å². The summed E-state index contributed by atoms with van der Waals surface area (Å²) >= 11 is 0. The summed E-state index contributed by atoms with van der Waals surface area (Å²) < 4.78 is 5.23. The Morgan fingerprint density at radius 1 is 1.40 bits per heavy atom. The van der Waals surface area contributed by atoms with Crippen molar-refractivity contribution in [2.75, 3.05) is 13.7 Å². The number of aromatic nitrogens is 2. The minimum absolute atomic E-state index is 0.105. The monoisotopic (exact) mass is 341 g/mol. The predicted octanol–water partition coefficient (Wildman–Crippen LogP) is 2.05. The second-order valence-electron chi connectivity index (χ2n) is 6.28. The lowest BCUT2D eigenvalue weighted by molar-refractivity contribution is -0.132. The van der Waals surface area contributed by atoms with E-state index in [1.54, 1.807) is 12.0 Å². The second kappa shape index (κ2) is 7.51. The van der Waals surface area contributed by atoms with Crippen molar-refractivity contribution in [2.24, 2.45) is 0 Å². The van der Waals surface area contributed by atoms with Crippen LogP contribution in [-0.2, 0) is 24.2 Å². The third-order valence-electron chi connectivity index (χ3n) is 4.44. The smallest absolute Gasteiger partial charge is 0.256 e. The number of amides is 1. The molecule has 0 spiro atoms. The molecule has 1 amide bonds. The average Bonchev–Trinajstić information content (AvgIpc) is 2.62. The molecule has 0 atom stereocenters. The van der Waals surface area contributed by atoms with E-state index in [2.05, 4.69) is 9.97 Å². The molecule has 6 nitrogen and oxygen atoms in total. The van der Waals surface area contributed by atoms with Gasteiger partial charge in [-0.25, -0.2) is 4.98 Å². The molecule has 0 saturated carbocycles. The topological polar surface area (TPSA) is 75.3 Å². The Kier molecular flexibility index (Phi) is 5.16. The molecule has 0 fully saturated rings. The highest BCUT2D eigenvalue weighted by molar-refractivity contribution is 5.76. The predicted molar refractivity (Wildman–Crippen MR) is 94.7 cm³/mol. The first kappa shape index (κ1) is 17.2. The summed E-state index contributed by atoms with van der Waals surface area (Å²) in [5, 5.41) is 0. The van der Waals surface area contributed by atoms with E-state index >= 15 is 0 Å². The number of carbonyl (C=O) groups excluding carboxylic acids is 1. The van der Waals surface area contributed by atoms with Crippen LogP contribution < -0.4 is 10.3 Å². The van der Waals surface area contributed by atoms with Gasteiger partial charge in [-0.15, -0.1) is 0 Å². The summed E-state index contributed by atoms with van der Waals surface area (Å²) in [7, 11) is 1.63. The molecule has 0 bridgehead atoms. The number of hydrogen-bond acceptors (Lipinski definition) is 4. The van der Waals surface area contributed by atoms with Crippen LogP contribution in [0, 0.1) is 0 Å². The molecule has 1 aromatic carbocycles. The van der Waals surface area contributed by atoms with Gasteiger partial charge < -0.3 is 14.6 Å². The lowest BCUT2D eigenvalue weighted by Crippen LogP contribution is -2.39. The van der Waals surface area contributed by atoms with Crippen LogP contribution in [-0.4, -0.2) is 34.4 Å². The Morgan fingerprint density at radius 2 is 2.24 bits per heavy atom. The zero-order chi connectivity index (χ0) is 17.8. The molecule has 1 aromatic heterocycles. The van der Waals surface area contributed by atoms with Gasteiger partial charge in [0.2, 0.25) is 5.91 Å². The van der Waals surface area contributed by atoms with E-state index in [9.17, 15) is 9.59 Å². The summed E-state index contributed by atoms with van der Waals surface area (Å²) in [6.07, 6.45) is 2.50. The summed E-state index contributed by atoms with van der Waals surface area (Å²) in [5.41, 5.74) is 2.31. The highest BCUT2D eigenvalue weighted by Gasteiger charge is 2.23. The fourth-order valence-corrected chi connectivity index (χ4v) is 3.12. The number of methoxy groups -OCH3 is 1. The number of nitrogens with zero attached hydrogens (tertiary/aromatic N) is 2. The standard InChI is InChI=1S/C19H23N3O3/c1-3-5-18(23)22-9-8-16-15(12-22)19(24)21-17(20-16)11-13-6-4-7-14(10-13)25-2/h4,6-7,10H,3,5,8-9,11-12H2,1-2H3,(H,20,21,24). The van der Waals surface area contributed by atoms with Gasteiger partial charge in [-0.05, 0) is 24.1 Å². The Morgan fingerprint density at radius 3 is 3.00 bits per heavy atom. The van der Waals surface area contributed by atoms with Gasteiger partial charge >= 0.3 is 0 Å². The highest BCUT2D eigenvalue weighted by Crippen LogP contribution is 2.17. The van der Waals surface area contributed by atoms with Gasteiger partial charge in [0.05, 0.1) is 24.9 Å². The van der Waals surface area contributed by atoms with E-state index in [-0.39, 0.29) is 11.5 Å². The number of benzene rings is 1. The van der Waals surface area contributed by atoms with E-state index in [0.29, 0.717) is 43.7 Å². The molecule has 3 rings (SSSR count). The Labute approximate surface area is 146 Å². The zero-order valence-electron chi connectivity index (χ0n) is 14.7. The molecule has 132 valence electrons. The number of ether oxygens (including phenoxy) is 1. The van der Waals surface area contributed by atoms with Gasteiger partial charge in [0.25, 0.3) is 5.56 Å². The van der Waals surface area contributed by atoms with Crippen LogP contribution in [0.2, 0.25) is 0 Å². The van der Waals surface area contributed by atoms with E-state index < -0.39 is 0 Å². The third-order valence-corrected chi connectivity index (χ3v) is 4.44. The van der Waals surface area contributed by atoms with Crippen LogP contribution in [0.5, 0.6) is 5.75 Å². The van der Waals surface area contributed by atoms with Crippen molar-refractivity contribution in [1.29, 1.82) is 0 Å². The van der Waals surface area contributed by atoms with Gasteiger partial charge in [-0.3, -0.25) is 9.59 Å². The van der Waals surface area contributed by atoms with Gasteiger partial charge in [-0.1, -0.05) is 19.1 Å². The summed E-state index contributed by atoms with van der Waals surface area (Å²) in [6.45, 7) is 2.96. The normalized spacial score (nSPS) is 13.4. The molecule has 0 radical (unpaired) electrons. The molecule has 1 aliphatic heterocycles. The number of H-pyrrole nitrogens is 1. The zero-order valence-corrected chi connectivity index (χ0v) is 14.7. The lowest BCUT2D eigenvalue weighted by atomic mass is 10.1. The van der Waals surface area contributed by atoms with Crippen molar-refractivity contribution in [2.45, 2.75) is 39.2 Å². The minimum atomic E-state index is -0.142. The van der Waals surface area contributed by atoms with Crippen LogP contribution in [0.1, 0.15) is 42.4 Å². The molecular weight excluding hydrogens is 318 g/mol. The molecular formula is C19H23N3O3. The van der Waals surface area contributed by atoms with Crippen LogP contribution in [0.4, 0.5) is 0 Å². The lowest BCUT2D eigenvalue weighted by Gasteiger charge is -2.27. The minimum Gasteiger partial charge on any atom is -0.497 e. The van der Waals surface area contributed by atoms with Crippen LogP contribution >= 0.6 is 0 Å². The van der Waals surface area contributed by atoms with E-state index in [1.165, 1.54) is 0 Å². The fraction of sp³-hybridized carbons (Fsp3) is 0.421. The number of rotatable bonds is 5. The summed E-state index contributed by atoms with van der Waals surface area (Å²) in [4.78, 5) is 33.8. The van der Waals surface area contributed by atoms with E-state index in [4.69, 9.17) is 4.74 Å². The van der Waals surface area contributed by atoms with Crippen molar-refractivity contribution >= 4 is 5.91 Å². The fourth-order valence-electron chi connectivity index (χ4n) is 3.12. The number of hydrogen-bond donors (Lipinski definition) is 1. The molecule has 0 saturated heterocycles. The van der Waals surface area contributed by atoms with Crippen molar-refractivity contribution in [3.8, 4) is 5.75 Å². The van der Waals surface area contributed by atoms with Crippen LogP contribution in [0.15, 0.2) is 29.1 Å². The molecule has 0 unspecified atom stereocenters. The first-order chi connectivity index (χ1) is 12.1. The summed E-state index contributed by atoms with van der Waals surface area (Å²) in [5.74, 6) is 1.53. The molecule has 25 heavy (non-hydrogen) atoms. The van der Waals surface area contributed by atoms with E-state index in [0.717, 1.165) is 23.4 Å². The molecule has 1 N–H and O–H groups in total. The van der Waals surface area contributed by atoms with Crippen LogP contribution in [0.25, 0.3) is 0 Å². The van der Waals surface area contributed by atoms with Crippen molar-refractivity contribution in [3.63, 3.8) is 0 Å². The molecule has 6 heteroatoms. The molecule has 0 aliphatic carbocycles. The number of fused-ring (bicyclic) bond motifs is 1. The Balaban J connectivity index is 1.81. The maximum atomic E-state index is 12.5. The number of nitrogens with one attached hydrogen (secondary N) is 1. The van der Waals surface area contributed by atoms with Crippen molar-refractivity contribution < 1.29 is 9.53 Å². The van der Waals surface area contributed by atoms with Gasteiger partial charge in [-0.2, -0.15) is 0 Å². The number of aromatic amines is 1. The van der Waals surface area contributed by atoms with Gasteiger partial charge in [0.1, 0.15) is 11.6 Å². The Hall–Kier alpha value is -2.63. The van der Waals surface area contributed by atoms with Gasteiger partial charge in [0, 0.05) is 25.8 Å². The molecule has 2 aromatic rings.